The van der Waals surface area contributed by atoms with E-state index in [4.69, 9.17) is 10.5 Å². The van der Waals surface area contributed by atoms with E-state index in [0.717, 1.165) is 17.2 Å². The second-order valence-electron chi connectivity index (χ2n) is 4.89. The number of nitrogen functional groups attached to an aromatic ring is 1. The van der Waals surface area contributed by atoms with Crippen LogP contribution in [0.4, 0.5) is 5.69 Å². The van der Waals surface area contributed by atoms with Gasteiger partial charge in [-0.25, -0.2) is 0 Å². The minimum atomic E-state index is 0.441. The largest absolute Gasteiger partial charge is 0.398 e. The molecule has 0 atom stereocenters. The van der Waals surface area contributed by atoms with Crippen molar-refractivity contribution in [2.75, 3.05) is 5.73 Å². The summed E-state index contributed by atoms with van der Waals surface area (Å²) < 4.78 is 5.92. The molecule has 1 saturated carbocycles. The summed E-state index contributed by atoms with van der Waals surface area (Å²) in [6, 6.07) is 7.95. The highest BCUT2D eigenvalue weighted by Crippen LogP contribution is 2.26. The van der Waals surface area contributed by atoms with Gasteiger partial charge in [0.1, 0.15) is 0 Å². The highest BCUT2D eigenvalue weighted by molar-refractivity contribution is 5.45. The van der Waals surface area contributed by atoms with Crippen LogP contribution in [-0.2, 0) is 11.3 Å². The summed E-state index contributed by atoms with van der Waals surface area (Å²) in [5.74, 6) is 0.877. The zero-order valence-corrected chi connectivity index (χ0v) is 9.99. The number of rotatable bonds is 3. The van der Waals surface area contributed by atoms with Gasteiger partial charge < -0.3 is 10.5 Å². The third kappa shape index (κ3) is 2.99. The third-order valence-electron chi connectivity index (χ3n) is 3.49. The molecule has 0 heterocycles. The van der Waals surface area contributed by atoms with E-state index in [9.17, 15) is 0 Å². The molecule has 0 aliphatic heterocycles. The Hall–Kier alpha value is -1.02. The molecule has 0 unspecified atom stereocenters. The molecule has 1 aliphatic rings. The van der Waals surface area contributed by atoms with E-state index in [-0.39, 0.29) is 0 Å². The van der Waals surface area contributed by atoms with Crippen molar-refractivity contribution >= 4 is 5.69 Å². The average Bonchev–Trinajstić information content (AvgIpc) is 2.30. The van der Waals surface area contributed by atoms with Crippen LogP contribution < -0.4 is 5.73 Å². The van der Waals surface area contributed by atoms with Crippen molar-refractivity contribution < 1.29 is 4.74 Å². The van der Waals surface area contributed by atoms with Crippen LogP contribution in [0.3, 0.4) is 0 Å². The minimum Gasteiger partial charge on any atom is -0.398 e. The number of nitrogens with two attached hydrogens (primary N) is 1. The van der Waals surface area contributed by atoms with Crippen molar-refractivity contribution in [1.82, 2.24) is 0 Å². The van der Waals surface area contributed by atoms with Crippen molar-refractivity contribution in [2.45, 2.75) is 45.3 Å². The van der Waals surface area contributed by atoms with Gasteiger partial charge in [0.15, 0.2) is 0 Å². The smallest absolute Gasteiger partial charge is 0.0740 e. The fourth-order valence-corrected chi connectivity index (χ4v) is 2.27. The summed E-state index contributed by atoms with van der Waals surface area (Å²) in [5, 5.41) is 0. The Bertz CT molecular complexity index is 329. The van der Waals surface area contributed by atoms with Crippen LogP contribution >= 0.6 is 0 Å². The summed E-state index contributed by atoms with van der Waals surface area (Å²) in [7, 11) is 0. The summed E-state index contributed by atoms with van der Waals surface area (Å²) in [6.07, 6.45) is 5.45. The van der Waals surface area contributed by atoms with Gasteiger partial charge in [-0.05, 0) is 37.7 Å². The van der Waals surface area contributed by atoms with Gasteiger partial charge >= 0.3 is 0 Å². The van der Waals surface area contributed by atoms with Crippen LogP contribution in [0.2, 0.25) is 0 Å². The Labute approximate surface area is 97.8 Å². The number of ether oxygens (including phenoxy) is 1. The molecule has 2 nitrogen and oxygen atoms in total. The standard InChI is InChI=1S/C14H21NO/c1-11-6-8-13(9-7-11)16-10-12-4-2-3-5-14(12)15/h2-5,11,13H,6-10,15H2,1H3. The highest BCUT2D eigenvalue weighted by Gasteiger charge is 2.18. The van der Waals surface area contributed by atoms with E-state index in [1.807, 2.05) is 24.3 Å². The molecule has 1 aromatic carbocycles. The highest BCUT2D eigenvalue weighted by atomic mass is 16.5. The lowest BCUT2D eigenvalue weighted by Crippen LogP contribution is -2.20. The lowest BCUT2D eigenvalue weighted by atomic mass is 9.89. The maximum Gasteiger partial charge on any atom is 0.0740 e. The molecule has 1 aromatic rings. The van der Waals surface area contributed by atoms with Crippen LogP contribution in [0, 0.1) is 5.92 Å². The number of benzene rings is 1. The zero-order valence-electron chi connectivity index (χ0n) is 9.99. The number of hydrogen-bond acceptors (Lipinski definition) is 2. The van der Waals surface area contributed by atoms with Crippen LogP contribution in [0.25, 0.3) is 0 Å². The topological polar surface area (TPSA) is 35.2 Å². The quantitative estimate of drug-likeness (QED) is 0.791. The molecule has 2 rings (SSSR count). The van der Waals surface area contributed by atoms with Gasteiger partial charge in [0.05, 0.1) is 12.7 Å². The van der Waals surface area contributed by atoms with Crippen molar-refractivity contribution in [3.8, 4) is 0 Å². The Morgan fingerprint density at radius 2 is 1.88 bits per heavy atom. The molecule has 0 amide bonds. The predicted molar refractivity (Wildman–Crippen MR) is 67.1 cm³/mol. The molecule has 1 aliphatic carbocycles. The van der Waals surface area contributed by atoms with Crippen molar-refractivity contribution in [2.24, 2.45) is 5.92 Å². The Morgan fingerprint density at radius 1 is 1.19 bits per heavy atom. The van der Waals surface area contributed by atoms with Gasteiger partial charge in [0.2, 0.25) is 0 Å². The van der Waals surface area contributed by atoms with Crippen molar-refractivity contribution in [3.05, 3.63) is 29.8 Å². The second-order valence-corrected chi connectivity index (χ2v) is 4.89. The summed E-state index contributed by atoms with van der Waals surface area (Å²) >= 11 is 0. The first-order valence-corrected chi connectivity index (χ1v) is 6.20. The Morgan fingerprint density at radius 3 is 2.56 bits per heavy atom. The monoisotopic (exact) mass is 219 g/mol. The van der Waals surface area contributed by atoms with Crippen LogP contribution in [0.1, 0.15) is 38.2 Å². The lowest BCUT2D eigenvalue weighted by Gasteiger charge is -2.26. The predicted octanol–water partition coefficient (Wildman–Crippen LogP) is 3.36. The number of para-hydroxylation sites is 1. The first-order valence-electron chi connectivity index (χ1n) is 6.20. The van der Waals surface area contributed by atoms with Gasteiger partial charge in [0.25, 0.3) is 0 Å². The molecule has 0 saturated heterocycles. The van der Waals surface area contributed by atoms with E-state index in [1.165, 1.54) is 25.7 Å². The zero-order chi connectivity index (χ0) is 11.4. The summed E-state index contributed by atoms with van der Waals surface area (Å²) in [5.41, 5.74) is 7.83. The molecule has 88 valence electrons. The van der Waals surface area contributed by atoms with E-state index in [2.05, 4.69) is 6.92 Å². The van der Waals surface area contributed by atoms with E-state index in [1.54, 1.807) is 0 Å². The molecule has 0 spiro atoms. The summed E-state index contributed by atoms with van der Waals surface area (Å²) in [4.78, 5) is 0. The van der Waals surface area contributed by atoms with E-state index >= 15 is 0 Å². The SMILES string of the molecule is CC1CCC(OCc2ccccc2N)CC1. The molecule has 0 aromatic heterocycles. The minimum absolute atomic E-state index is 0.441. The normalized spacial score (nSPS) is 25.6. The van der Waals surface area contributed by atoms with E-state index < -0.39 is 0 Å². The third-order valence-corrected chi connectivity index (χ3v) is 3.49. The molecular formula is C14H21NO. The molecule has 0 bridgehead atoms. The fourth-order valence-electron chi connectivity index (χ4n) is 2.27. The number of hydrogen-bond donors (Lipinski definition) is 1. The molecular weight excluding hydrogens is 198 g/mol. The first kappa shape index (κ1) is 11.5. The van der Waals surface area contributed by atoms with Crippen molar-refractivity contribution in [1.29, 1.82) is 0 Å². The maximum absolute atomic E-state index is 5.92. The molecule has 16 heavy (non-hydrogen) atoms. The summed E-state index contributed by atoms with van der Waals surface area (Å²) in [6.45, 7) is 2.98. The van der Waals surface area contributed by atoms with Gasteiger partial charge in [-0.1, -0.05) is 25.1 Å². The number of anilines is 1. The maximum atomic E-state index is 5.92. The molecule has 2 N–H and O–H groups in total. The molecule has 1 fully saturated rings. The Kier molecular flexibility index (Phi) is 3.83. The average molecular weight is 219 g/mol. The van der Waals surface area contributed by atoms with Crippen LogP contribution in [-0.4, -0.2) is 6.10 Å². The van der Waals surface area contributed by atoms with Crippen LogP contribution in [0.5, 0.6) is 0 Å². The van der Waals surface area contributed by atoms with Crippen molar-refractivity contribution in [3.63, 3.8) is 0 Å². The van der Waals surface area contributed by atoms with Gasteiger partial charge in [-0.15, -0.1) is 0 Å². The molecule has 2 heteroatoms. The first-order chi connectivity index (χ1) is 7.75. The van der Waals surface area contributed by atoms with Gasteiger partial charge in [-0.2, -0.15) is 0 Å². The second kappa shape index (κ2) is 5.35. The lowest BCUT2D eigenvalue weighted by molar-refractivity contribution is 0.00903. The van der Waals surface area contributed by atoms with Gasteiger partial charge in [0, 0.05) is 11.3 Å². The van der Waals surface area contributed by atoms with E-state index in [0.29, 0.717) is 12.7 Å². The van der Waals surface area contributed by atoms with Gasteiger partial charge in [-0.3, -0.25) is 0 Å². The Balaban J connectivity index is 1.81. The molecule has 0 radical (unpaired) electrons. The fraction of sp³-hybridized carbons (Fsp3) is 0.571. The van der Waals surface area contributed by atoms with Crippen LogP contribution in [0.15, 0.2) is 24.3 Å².